The van der Waals surface area contributed by atoms with Gasteiger partial charge in [0, 0.05) is 25.7 Å². The third kappa shape index (κ3) is 9.18. The number of aryl methyl sites for hydroxylation is 2. The Labute approximate surface area is 283 Å². The molecule has 6 aromatic rings. The van der Waals surface area contributed by atoms with E-state index in [4.69, 9.17) is 0 Å². The lowest BCUT2D eigenvalue weighted by molar-refractivity contribution is 0.463. The molecule has 2 nitrogen and oxygen atoms in total. The molecule has 0 aliphatic carbocycles. The molecule has 0 atom stereocenters. The largest absolute Gasteiger partial charge is 0.507 e. The molecular formula is C44H42O2S. The third-order valence-corrected chi connectivity index (χ3v) is 9.66. The SMILES string of the molecule is Oc1c(Cc2ccccc2)cc(CCSCCc2cc(Cc3ccccc3)c(O)c(Cc3ccccc3)c2)cc1Cc1ccccc1. The van der Waals surface area contributed by atoms with Crippen molar-refractivity contribution in [2.45, 2.75) is 38.5 Å². The van der Waals surface area contributed by atoms with Crippen molar-refractivity contribution in [2.24, 2.45) is 0 Å². The smallest absolute Gasteiger partial charge is 0.122 e. The first-order chi connectivity index (χ1) is 23.1. The molecule has 0 spiro atoms. The van der Waals surface area contributed by atoms with E-state index in [-0.39, 0.29) is 0 Å². The molecular weight excluding hydrogens is 593 g/mol. The van der Waals surface area contributed by atoms with Crippen molar-refractivity contribution in [3.63, 3.8) is 0 Å². The Morgan fingerprint density at radius 3 is 0.851 bits per heavy atom. The van der Waals surface area contributed by atoms with E-state index in [9.17, 15) is 10.2 Å². The van der Waals surface area contributed by atoms with Crippen LogP contribution in [-0.4, -0.2) is 21.7 Å². The van der Waals surface area contributed by atoms with Crippen LogP contribution in [0.5, 0.6) is 11.5 Å². The van der Waals surface area contributed by atoms with Crippen LogP contribution in [0.4, 0.5) is 0 Å². The molecule has 0 unspecified atom stereocenters. The average molecular weight is 635 g/mol. The predicted octanol–water partition coefficient (Wildman–Crippen LogP) is 9.98. The van der Waals surface area contributed by atoms with Gasteiger partial charge in [-0.2, -0.15) is 11.8 Å². The molecule has 0 bridgehead atoms. The lowest BCUT2D eigenvalue weighted by Gasteiger charge is -2.15. The Morgan fingerprint density at radius 1 is 0.340 bits per heavy atom. The topological polar surface area (TPSA) is 40.5 Å². The van der Waals surface area contributed by atoms with Crippen LogP contribution in [0.3, 0.4) is 0 Å². The summed E-state index contributed by atoms with van der Waals surface area (Å²) in [5.74, 6) is 2.84. The first kappa shape index (κ1) is 32.2. The van der Waals surface area contributed by atoms with E-state index in [1.54, 1.807) is 0 Å². The molecule has 0 amide bonds. The zero-order valence-electron chi connectivity index (χ0n) is 26.8. The molecule has 0 radical (unpaired) electrons. The number of hydrogen-bond acceptors (Lipinski definition) is 3. The van der Waals surface area contributed by atoms with Crippen LogP contribution in [-0.2, 0) is 38.5 Å². The minimum atomic E-state index is 0.416. The van der Waals surface area contributed by atoms with Crippen molar-refractivity contribution < 1.29 is 10.2 Å². The van der Waals surface area contributed by atoms with E-state index in [1.807, 2.05) is 36.0 Å². The summed E-state index contributed by atoms with van der Waals surface area (Å²) in [6, 6.07) is 50.4. The fourth-order valence-corrected chi connectivity index (χ4v) is 7.20. The Bertz CT molecular complexity index is 1590. The van der Waals surface area contributed by atoms with E-state index >= 15 is 0 Å². The fraction of sp³-hybridized carbons (Fsp3) is 0.182. The molecule has 0 aliphatic rings. The number of rotatable bonds is 14. The zero-order valence-corrected chi connectivity index (χ0v) is 27.6. The van der Waals surface area contributed by atoms with Gasteiger partial charge in [-0.3, -0.25) is 0 Å². The third-order valence-electron chi connectivity index (χ3n) is 8.67. The molecule has 3 heteroatoms. The normalized spacial score (nSPS) is 11.1. The highest BCUT2D eigenvalue weighted by atomic mass is 32.2. The van der Waals surface area contributed by atoms with Gasteiger partial charge >= 0.3 is 0 Å². The zero-order chi connectivity index (χ0) is 32.3. The van der Waals surface area contributed by atoms with Crippen LogP contribution >= 0.6 is 11.8 Å². The minimum Gasteiger partial charge on any atom is -0.507 e. The fourth-order valence-electron chi connectivity index (χ4n) is 6.24. The second-order valence-corrected chi connectivity index (χ2v) is 13.5. The van der Waals surface area contributed by atoms with E-state index in [0.717, 1.165) is 46.6 Å². The first-order valence-corrected chi connectivity index (χ1v) is 17.7. The van der Waals surface area contributed by atoms with Crippen LogP contribution in [0.2, 0.25) is 0 Å². The minimum absolute atomic E-state index is 0.416. The van der Waals surface area contributed by atoms with Crippen LogP contribution < -0.4 is 0 Å². The molecule has 2 N–H and O–H groups in total. The molecule has 0 saturated heterocycles. The van der Waals surface area contributed by atoms with Crippen molar-refractivity contribution >= 4 is 11.8 Å². The Kier molecular flexibility index (Phi) is 11.1. The number of phenolic OH excluding ortho intramolecular Hbond substituents is 2. The molecule has 0 saturated carbocycles. The maximum Gasteiger partial charge on any atom is 0.122 e. The second-order valence-electron chi connectivity index (χ2n) is 12.3. The van der Waals surface area contributed by atoms with Crippen LogP contribution in [0, 0.1) is 0 Å². The number of thioether (sulfide) groups is 1. The first-order valence-electron chi connectivity index (χ1n) is 16.5. The van der Waals surface area contributed by atoms with Crippen molar-refractivity contribution in [2.75, 3.05) is 11.5 Å². The van der Waals surface area contributed by atoms with Crippen LogP contribution in [0.25, 0.3) is 0 Å². The van der Waals surface area contributed by atoms with Gasteiger partial charge in [0.25, 0.3) is 0 Å². The van der Waals surface area contributed by atoms with Gasteiger partial charge in [0.15, 0.2) is 0 Å². The summed E-state index contributed by atoms with van der Waals surface area (Å²) >= 11 is 1.97. The van der Waals surface area contributed by atoms with Gasteiger partial charge in [0.2, 0.25) is 0 Å². The van der Waals surface area contributed by atoms with Gasteiger partial charge in [-0.05, 0) is 80.0 Å². The highest BCUT2D eigenvalue weighted by Crippen LogP contribution is 2.31. The van der Waals surface area contributed by atoms with Gasteiger partial charge in [-0.1, -0.05) is 146 Å². The highest BCUT2D eigenvalue weighted by molar-refractivity contribution is 7.99. The molecule has 6 rings (SSSR count). The Balaban J connectivity index is 1.14. The molecule has 236 valence electrons. The van der Waals surface area contributed by atoms with E-state index in [0.29, 0.717) is 37.2 Å². The van der Waals surface area contributed by atoms with Crippen molar-refractivity contribution in [1.29, 1.82) is 0 Å². The summed E-state index contributed by atoms with van der Waals surface area (Å²) in [6.45, 7) is 0. The number of aromatic hydroxyl groups is 2. The summed E-state index contributed by atoms with van der Waals surface area (Å²) < 4.78 is 0. The number of hydrogen-bond donors (Lipinski definition) is 2. The summed E-state index contributed by atoms with van der Waals surface area (Å²) in [5.41, 5.74) is 11.3. The standard InChI is InChI=1S/C44H42O2S/c45-43-39(25-33-13-5-1-6-14-33)29-37(30-40(43)26-34-15-7-2-8-16-34)21-23-47-24-22-38-31-41(27-35-17-9-3-10-18-35)44(46)42(32-38)28-36-19-11-4-12-20-36/h1-20,29-32,45-46H,21-28H2. The van der Waals surface area contributed by atoms with E-state index < -0.39 is 0 Å². The average Bonchev–Trinajstić information content (AvgIpc) is 3.10. The highest BCUT2D eigenvalue weighted by Gasteiger charge is 2.14. The lowest BCUT2D eigenvalue weighted by atomic mass is 9.94. The van der Waals surface area contributed by atoms with Gasteiger partial charge in [-0.25, -0.2) is 0 Å². The summed E-state index contributed by atoms with van der Waals surface area (Å²) in [6.07, 6.45) is 4.75. The van der Waals surface area contributed by atoms with Gasteiger partial charge in [0.05, 0.1) is 0 Å². The Hall–Kier alpha value is -4.73. The molecule has 6 aromatic carbocycles. The molecule has 0 fully saturated rings. The van der Waals surface area contributed by atoms with Gasteiger partial charge < -0.3 is 10.2 Å². The molecule has 0 heterocycles. The van der Waals surface area contributed by atoms with Crippen molar-refractivity contribution in [1.82, 2.24) is 0 Å². The van der Waals surface area contributed by atoms with Crippen molar-refractivity contribution in [3.05, 3.63) is 201 Å². The maximum absolute atomic E-state index is 11.3. The second kappa shape index (κ2) is 16.2. The molecule has 47 heavy (non-hydrogen) atoms. The van der Waals surface area contributed by atoms with E-state index in [2.05, 4.69) is 121 Å². The predicted molar refractivity (Wildman–Crippen MR) is 198 cm³/mol. The maximum atomic E-state index is 11.3. The summed E-state index contributed by atoms with van der Waals surface area (Å²) in [7, 11) is 0. The number of phenols is 2. The monoisotopic (exact) mass is 634 g/mol. The number of benzene rings is 6. The van der Waals surface area contributed by atoms with Crippen LogP contribution in [0.1, 0.15) is 55.6 Å². The lowest BCUT2D eigenvalue weighted by Crippen LogP contribution is -2.01. The molecule has 0 aliphatic heterocycles. The van der Waals surface area contributed by atoms with Gasteiger partial charge in [-0.15, -0.1) is 0 Å². The van der Waals surface area contributed by atoms with Crippen molar-refractivity contribution in [3.8, 4) is 11.5 Å². The molecule has 0 aromatic heterocycles. The quantitative estimate of drug-likeness (QED) is 0.117. The Morgan fingerprint density at radius 2 is 0.596 bits per heavy atom. The van der Waals surface area contributed by atoms with Crippen LogP contribution in [0.15, 0.2) is 146 Å². The van der Waals surface area contributed by atoms with E-state index in [1.165, 1.54) is 33.4 Å². The van der Waals surface area contributed by atoms with Gasteiger partial charge in [0.1, 0.15) is 11.5 Å². The summed E-state index contributed by atoms with van der Waals surface area (Å²) in [5, 5.41) is 22.6. The summed E-state index contributed by atoms with van der Waals surface area (Å²) in [4.78, 5) is 0.